The van der Waals surface area contributed by atoms with Gasteiger partial charge in [0.25, 0.3) is 0 Å². The molecule has 6 heteroatoms. The minimum Gasteiger partial charge on any atom is -0.378 e. The molecule has 0 heterocycles. The second-order valence-electron chi connectivity index (χ2n) is 5.71. The summed E-state index contributed by atoms with van der Waals surface area (Å²) in [6, 6.07) is 0. The van der Waals surface area contributed by atoms with E-state index in [1.165, 1.54) is 12.8 Å². The molecule has 0 spiro atoms. The lowest BCUT2D eigenvalue weighted by molar-refractivity contribution is -0.0229. The normalized spacial score (nSPS) is 21.1. The molecule has 0 saturated heterocycles. The van der Waals surface area contributed by atoms with Crippen molar-refractivity contribution < 1.29 is 17.9 Å². The molecule has 1 rings (SSSR count). The van der Waals surface area contributed by atoms with E-state index in [1.54, 1.807) is 0 Å². The van der Waals surface area contributed by atoms with Crippen LogP contribution in [0.1, 0.15) is 39.5 Å². The highest BCUT2D eigenvalue weighted by molar-refractivity contribution is 7.89. The Labute approximate surface area is 110 Å². The van der Waals surface area contributed by atoms with Crippen LogP contribution in [0.5, 0.6) is 0 Å². The summed E-state index contributed by atoms with van der Waals surface area (Å²) in [6.45, 7) is 5.67. The van der Waals surface area contributed by atoms with Crippen LogP contribution in [-0.2, 0) is 19.5 Å². The van der Waals surface area contributed by atoms with Crippen LogP contribution in [0, 0.1) is 5.41 Å². The molecule has 0 aliphatic heterocycles. The minimum atomic E-state index is -3.41. The molecule has 0 unspecified atom stereocenters. The van der Waals surface area contributed by atoms with Gasteiger partial charge in [0.05, 0.1) is 31.7 Å². The fourth-order valence-electron chi connectivity index (χ4n) is 2.09. The maximum atomic E-state index is 10.6. The fourth-order valence-corrected chi connectivity index (χ4v) is 2.44. The van der Waals surface area contributed by atoms with E-state index in [4.69, 9.17) is 14.6 Å². The first-order valence-electron chi connectivity index (χ1n) is 6.48. The predicted octanol–water partition coefficient (Wildman–Crippen LogP) is 1.28. The highest BCUT2D eigenvalue weighted by Crippen LogP contribution is 2.35. The number of sulfonamides is 1. The first-order chi connectivity index (χ1) is 8.29. The third-order valence-electron chi connectivity index (χ3n) is 3.38. The SMILES string of the molecule is CC1(C)CCC(OCCOCCS(N)(=O)=O)CC1. The number of hydrogen-bond acceptors (Lipinski definition) is 4. The molecule has 0 bridgehead atoms. The molecule has 0 aromatic heterocycles. The van der Waals surface area contributed by atoms with Crippen molar-refractivity contribution in [1.29, 1.82) is 0 Å². The van der Waals surface area contributed by atoms with Crippen LogP contribution in [0.2, 0.25) is 0 Å². The minimum absolute atomic E-state index is 0.134. The van der Waals surface area contributed by atoms with Crippen LogP contribution in [-0.4, -0.2) is 40.1 Å². The summed E-state index contributed by atoms with van der Waals surface area (Å²) in [7, 11) is -3.41. The molecular formula is C12H25NO4S. The zero-order valence-electron chi connectivity index (χ0n) is 11.4. The highest BCUT2D eigenvalue weighted by atomic mass is 32.2. The van der Waals surface area contributed by atoms with E-state index in [-0.39, 0.29) is 12.4 Å². The predicted molar refractivity (Wildman–Crippen MR) is 70.8 cm³/mol. The van der Waals surface area contributed by atoms with Gasteiger partial charge in [0.1, 0.15) is 0 Å². The van der Waals surface area contributed by atoms with Crippen LogP contribution < -0.4 is 5.14 Å². The van der Waals surface area contributed by atoms with E-state index in [1.807, 2.05) is 0 Å². The van der Waals surface area contributed by atoms with Crippen molar-refractivity contribution in [2.24, 2.45) is 10.6 Å². The van der Waals surface area contributed by atoms with Gasteiger partial charge in [-0.3, -0.25) is 0 Å². The Balaban J connectivity index is 1.99. The zero-order chi connectivity index (χ0) is 13.6. The molecule has 0 amide bonds. The molecular weight excluding hydrogens is 254 g/mol. The standard InChI is InChI=1S/C12H25NO4S/c1-12(2)5-3-11(4-6-12)17-8-7-16-9-10-18(13,14)15/h11H,3-10H2,1-2H3,(H2,13,14,15). The van der Waals surface area contributed by atoms with E-state index in [0.717, 1.165) is 12.8 Å². The number of hydrogen-bond donors (Lipinski definition) is 1. The van der Waals surface area contributed by atoms with E-state index in [9.17, 15) is 8.42 Å². The van der Waals surface area contributed by atoms with Gasteiger partial charge < -0.3 is 9.47 Å². The number of rotatable bonds is 7. The Morgan fingerprint density at radius 2 is 1.78 bits per heavy atom. The van der Waals surface area contributed by atoms with Crippen LogP contribution in [0.25, 0.3) is 0 Å². The second-order valence-corrected chi connectivity index (χ2v) is 7.45. The van der Waals surface area contributed by atoms with Crippen molar-refractivity contribution in [3.8, 4) is 0 Å². The molecule has 0 radical (unpaired) electrons. The van der Waals surface area contributed by atoms with Gasteiger partial charge >= 0.3 is 0 Å². The molecule has 1 saturated carbocycles. The number of ether oxygens (including phenoxy) is 2. The largest absolute Gasteiger partial charge is 0.378 e. The third kappa shape index (κ3) is 7.31. The quantitative estimate of drug-likeness (QED) is 0.712. The molecule has 0 atom stereocenters. The number of nitrogens with two attached hydrogens (primary N) is 1. The first-order valence-corrected chi connectivity index (χ1v) is 8.20. The molecule has 108 valence electrons. The van der Waals surface area contributed by atoms with Crippen molar-refractivity contribution in [2.75, 3.05) is 25.6 Å². The highest BCUT2D eigenvalue weighted by Gasteiger charge is 2.26. The van der Waals surface area contributed by atoms with Crippen LogP contribution >= 0.6 is 0 Å². The van der Waals surface area contributed by atoms with Gasteiger partial charge in [-0.25, -0.2) is 13.6 Å². The Morgan fingerprint density at radius 1 is 1.17 bits per heavy atom. The average Bonchev–Trinajstić information content (AvgIpc) is 2.23. The van der Waals surface area contributed by atoms with Crippen molar-refractivity contribution in [3.05, 3.63) is 0 Å². The average molecular weight is 279 g/mol. The Bertz CT molecular complexity index is 330. The van der Waals surface area contributed by atoms with Gasteiger partial charge in [-0.1, -0.05) is 13.8 Å². The second kappa shape index (κ2) is 6.84. The summed E-state index contributed by atoms with van der Waals surface area (Å²) in [4.78, 5) is 0. The van der Waals surface area contributed by atoms with Gasteiger partial charge in [0, 0.05) is 0 Å². The van der Waals surface area contributed by atoms with Gasteiger partial charge in [-0.2, -0.15) is 0 Å². The first kappa shape index (κ1) is 15.9. The third-order valence-corrected chi connectivity index (χ3v) is 4.12. The Hall–Kier alpha value is -0.170. The van der Waals surface area contributed by atoms with E-state index in [2.05, 4.69) is 13.8 Å². The summed E-state index contributed by atoms with van der Waals surface area (Å²) in [5.74, 6) is -0.134. The van der Waals surface area contributed by atoms with E-state index >= 15 is 0 Å². The molecule has 0 aromatic carbocycles. The maximum absolute atomic E-state index is 10.6. The van der Waals surface area contributed by atoms with Crippen molar-refractivity contribution in [1.82, 2.24) is 0 Å². The van der Waals surface area contributed by atoms with Gasteiger partial charge in [0.15, 0.2) is 0 Å². The smallest absolute Gasteiger partial charge is 0.211 e. The topological polar surface area (TPSA) is 78.6 Å². The van der Waals surface area contributed by atoms with Crippen LogP contribution in [0.4, 0.5) is 0 Å². The maximum Gasteiger partial charge on any atom is 0.211 e. The molecule has 1 aliphatic carbocycles. The van der Waals surface area contributed by atoms with Crippen molar-refractivity contribution >= 4 is 10.0 Å². The van der Waals surface area contributed by atoms with Gasteiger partial charge in [-0.15, -0.1) is 0 Å². The molecule has 5 nitrogen and oxygen atoms in total. The summed E-state index contributed by atoms with van der Waals surface area (Å²) in [5, 5.41) is 4.85. The lowest BCUT2D eigenvalue weighted by Gasteiger charge is -2.34. The molecule has 0 aromatic rings. The molecule has 18 heavy (non-hydrogen) atoms. The summed E-state index contributed by atoms with van der Waals surface area (Å²) in [6.07, 6.45) is 4.93. The summed E-state index contributed by atoms with van der Waals surface area (Å²) in [5.41, 5.74) is 0.450. The number of primary sulfonamides is 1. The molecule has 1 aliphatic rings. The van der Waals surface area contributed by atoms with E-state index < -0.39 is 10.0 Å². The molecule has 2 N–H and O–H groups in total. The van der Waals surface area contributed by atoms with Crippen molar-refractivity contribution in [3.63, 3.8) is 0 Å². The van der Waals surface area contributed by atoms with Gasteiger partial charge in [-0.05, 0) is 31.1 Å². The lowest BCUT2D eigenvalue weighted by atomic mass is 9.76. The molecule has 1 fully saturated rings. The van der Waals surface area contributed by atoms with E-state index in [0.29, 0.717) is 24.7 Å². The van der Waals surface area contributed by atoms with Gasteiger partial charge in [0.2, 0.25) is 10.0 Å². The Kier molecular flexibility index (Phi) is 6.04. The Morgan fingerprint density at radius 3 is 2.33 bits per heavy atom. The van der Waals surface area contributed by atoms with Crippen molar-refractivity contribution in [2.45, 2.75) is 45.6 Å². The summed E-state index contributed by atoms with van der Waals surface area (Å²) >= 11 is 0. The van der Waals surface area contributed by atoms with Crippen LogP contribution in [0.15, 0.2) is 0 Å². The van der Waals surface area contributed by atoms with Crippen LogP contribution in [0.3, 0.4) is 0 Å². The lowest BCUT2D eigenvalue weighted by Crippen LogP contribution is -2.27. The monoisotopic (exact) mass is 279 g/mol. The zero-order valence-corrected chi connectivity index (χ0v) is 12.2. The fraction of sp³-hybridized carbons (Fsp3) is 1.00. The summed E-state index contributed by atoms with van der Waals surface area (Å²) < 4.78 is 32.1.